The molecule has 8 heavy (non-hydrogen) atoms. The van der Waals surface area contributed by atoms with Crippen molar-refractivity contribution in [3.05, 3.63) is 0 Å². The first kappa shape index (κ1) is 4.47. The Labute approximate surface area is 46.5 Å². The zero-order chi connectivity index (χ0) is 5.56. The molecule has 44 valence electrons. The fourth-order valence-electron chi connectivity index (χ4n) is 1.12. The van der Waals surface area contributed by atoms with E-state index < -0.39 is 0 Å². The van der Waals surface area contributed by atoms with Crippen molar-refractivity contribution in [3.63, 3.8) is 0 Å². The number of hydrogen-bond acceptors (Lipinski definition) is 3. The Kier molecular flexibility index (Phi) is 0.725. The Morgan fingerprint density at radius 1 is 1.25 bits per heavy atom. The highest BCUT2D eigenvalue weighted by Gasteiger charge is 2.43. The smallest absolute Gasteiger partial charge is 0.196 e. The van der Waals surface area contributed by atoms with E-state index in [4.69, 9.17) is 0 Å². The van der Waals surface area contributed by atoms with E-state index in [1.54, 1.807) is 0 Å². The van der Waals surface area contributed by atoms with Gasteiger partial charge in [-0.25, -0.2) is 9.78 Å². The summed E-state index contributed by atoms with van der Waals surface area (Å²) in [7, 11) is 0. The molecule has 1 heterocycles. The maximum Gasteiger partial charge on any atom is 0.196 e. The van der Waals surface area contributed by atoms with Crippen LogP contribution >= 0.6 is 0 Å². The summed E-state index contributed by atoms with van der Waals surface area (Å²) in [5.41, 5.74) is 0. The third-order valence-electron chi connectivity index (χ3n) is 1.61. The quantitative estimate of drug-likeness (QED) is 0.417. The number of ketones is 1. The summed E-state index contributed by atoms with van der Waals surface area (Å²) in [6, 6.07) is 0. The second-order valence-corrected chi connectivity index (χ2v) is 2.15. The molecule has 2 rings (SSSR count). The average molecular weight is 114 g/mol. The number of hydrogen-bond donors (Lipinski definition) is 0. The van der Waals surface area contributed by atoms with Crippen LogP contribution < -0.4 is 0 Å². The number of carbonyl (C=O) groups excluding carboxylic acids is 1. The minimum Gasteiger partial charge on any atom is -0.294 e. The molecule has 0 spiro atoms. The lowest BCUT2D eigenvalue weighted by Gasteiger charge is -2.04. The molecule has 1 saturated heterocycles. The van der Waals surface area contributed by atoms with Crippen LogP contribution in [0.15, 0.2) is 0 Å². The summed E-state index contributed by atoms with van der Waals surface area (Å²) in [4.78, 5) is 19.9. The van der Waals surface area contributed by atoms with Gasteiger partial charge in [-0.1, -0.05) is 0 Å². The van der Waals surface area contributed by atoms with Gasteiger partial charge in [0, 0.05) is 0 Å². The van der Waals surface area contributed by atoms with Crippen molar-refractivity contribution in [2.24, 2.45) is 0 Å². The zero-order valence-corrected chi connectivity index (χ0v) is 4.29. The lowest BCUT2D eigenvalue weighted by molar-refractivity contribution is -0.315. The van der Waals surface area contributed by atoms with Crippen LogP contribution in [0, 0.1) is 0 Å². The zero-order valence-electron chi connectivity index (χ0n) is 4.29. The van der Waals surface area contributed by atoms with E-state index in [9.17, 15) is 4.79 Å². The van der Waals surface area contributed by atoms with Crippen molar-refractivity contribution in [3.8, 4) is 0 Å². The van der Waals surface area contributed by atoms with E-state index in [1.165, 1.54) is 0 Å². The second kappa shape index (κ2) is 1.30. The molecule has 1 aliphatic heterocycles. The Morgan fingerprint density at radius 3 is 1.88 bits per heavy atom. The lowest BCUT2D eigenvalue weighted by Crippen LogP contribution is -2.11. The molecule has 0 radical (unpaired) electrons. The number of rotatable bonds is 0. The molecule has 3 nitrogen and oxygen atoms in total. The molecule has 0 aromatic rings. The standard InChI is InChI=1S/C5H6O3/c6-5-3-1-2-4(5)8-7-3/h3-4H,1-2H2. The second-order valence-electron chi connectivity index (χ2n) is 2.15. The van der Waals surface area contributed by atoms with Crippen molar-refractivity contribution < 1.29 is 14.6 Å². The summed E-state index contributed by atoms with van der Waals surface area (Å²) in [5, 5.41) is 0. The molecule has 2 atom stereocenters. The van der Waals surface area contributed by atoms with Crippen LogP contribution in [0.4, 0.5) is 0 Å². The largest absolute Gasteiger partial charge is 0.294 e. The number of fused-ring (bicyclic) bond motifs is 2. The van der Waals surface area contributed by atoms with E-state index >= 15 is 0 Å². The normalized spacial score (nSPS) is 43.8. The number of carbonyl (C=O) groups is 1. The van der Waals surface area contributed by atoms with Gasteiger partial charge in [-0.3, -0.25) is 4.79 Å². The van der Waals surface area contributed by atoms with Gasteiger partial charge < -0.3 is 0 Å². The Hall–Kier alpha value is -0.410. The third kappa shape index (κ3) is 0.381. The topological polar surface area (TPSA) is 35.5 Å². The van der Waals surface area contributed by atoms with E-state index in [1.807, 2.05) is 0 Å². The molecule has 3 heteroatoms. The summed E-state index contributed by atoms with van der Waals surface area (Å²) in [5.74, 6) is 0.130. The van der Waals surface area contributed by atoms with Crippen molar-refractivity contribution in [1.82, 2.24) is 0 Å². The fourth-order valence-corrected chi connectivity index (χ4v) is 1.12. The van der Waals surface area contributed by atoms with Gasteiger partial charge in [0.2, 0.25) is 0 Å². The van der Waals surface area contributed by atoms with Crippen molar-refractivity contribution in [2.75, 3.05) is 0 Å². The average Bonchev–Trinajstić information content (AvgIpc) is 2.29. The maximum absolute atomic E-state index is 10.7. The van der Waals surface area contributed by atoms with Gasteiger partial charge in [0.05, 0.1) is 0 Å². The molecule has 0 aromatic heterocycles. The van der Waals surface area contributed by atoms with Crippen LogP contribution in [0.2, 0.25) is 0 Å². The van der Waals surface area contributed by atoms with Gasteiger partial charge >= 0.3 is 0 Å². The molecular formula is C5H6O3. The number of Topliss-reactive ketones (excluding diaryl/α,β-unsaturated/α-hetero) is 1. The van der Waals surface area contributed by atoms with E-state index in [2.05, 4.69) is 9.78 Å². The Balaban J connectivity index is 2.28. The van der Waals surface area contributed by atoms with Crippen LogP contribution in [0.25, 0.3) is 0 Å². The Bertz CT molecular complexity index is 110. The third-order valence-corrected chi connectivity index (χ3v) is 1.61. The lowest BCUT2D eigenvalue weighted by atomic mass is 10.3. The molecule has 2 fully saturated rings. The molecule has 1 saturated carbocycles. The fraction of sp³-hybridized carbons (Fsp3) is 0.800. The predicted octanol–water partition coefficient (Wildman–Crippen LogP) is 0.0483. The van der Waals surface area contributed by atoms with Crippen LogP contribution in [0.3, 0.4) is 0 Å². The molecule has 2 bridgehead atoms. The SMILES string of the molecule is O=C1C2CCC1OO2. The van der Waals surface area contributed by atoms with Crippen LogP contribution in [-0.2, 0) is 14.6 Å². The Morgan fingerprint density at radius 2 is 1.75 bits per heavy atom. The monoisotopic (exact) mass is 114 g/mol. The van der Waals surface area contributed by atoms with Gasteiger partial charge in [-0.2, -0.15) is 0 Å². The molecular weight excluding hydrogens is 108 g/mol. The highest BCUT2D eigenvalue weighted by Crippen LogP contribution is 2.28. The molecule has 2 aliphatic rings. The molecule has 1 aliphatic carbocycles. The molecule has 0 aromatic carbocycles. The minimum atomic E-state index is -0.222. The highest BCUT2D eigenvalue weighted by molar-refractivity contribution is 5.90. The van der Waals surface area contributed by atoms with Gasteiger partial charge in [0.25, 0.3) is 0 Å². The van der Waals surface area contributed by atoms with Crippen molar-refractivity contribution >= 4 is 5.78 Å². The van der Waals surface area contributed by atoms with Gasteiger partial charge in [0.1, 0.15) is 0 Å². The molecule has 0 amide bonds. The van der Waals surface area contributed by atoms with Gasteiger partial charge in [-0.05, 0) is 12.8 Å². The summed E-state index contributed by atoms with van der Waals surface area (Å²) in [6.45, 7) is 0. The van der Waals surface area contributed by atoms with Crippen LogP contribution in [0.1, 0.15) is 12.8 Å². The van der Waals surface area contributed by atoms with E-state index in [0.29, 0.717) is 0 Å². The maximum atomic E-state index is 10.7. The van der Waals surface area contributed by atoms with Crippen LogP contribution in [0.5, 0.6) is 0 Å². The van der Waals surface area contributed by atoms with Crippen molar-refractivity contribution in [1.29, 1.82) is 0 Å². The van der Waals surface area contributed by atoms with Crippen LogP contribution in [-0.4, -0.2) is 18.0 Å². The summed E-state index contributed by atoms with van der Waals surface area (Å²) in [6.07, 6.45) is 1.26. The first-order chi connectivity index (χ1) is 3.88. The first-order valence-electron chi connectivity index (χ1n) is 2.74. The predicted molar refractivity (Wildman–Crippen MR) is 24.0 cm³/mol. The van der Waals surface area contributed by atoms with E-state index in [-0.39, 0.29) is 18.0 Å². The summed E-state index contributed by atoms with van der Waals surface area (Å²) < 4.78 is 0. The molecule has 0 N–H and O–H groups in total. The van der Waals surface area contributed by atoms with Crippen molar-refractivity contribution in [2.45, 2.75) is 25.0 Å². The first-order valence-corrected chi connectivity index (χ1v) is 2.74. The van der Waals surface area contributed by atoms with Gasteiger partial charge in [0.15, 0.2) is 18.0 Å². The minimum absolute atomic E-state index is 0.130. The summed E-state index contributed by atoms with van der Waals surface area (Å²) >= 11 is 0. The highest BCUT2D eigenvalue weighted by atomic mass is 17.2. The van der Waals surface area contributed by atoms with E-state index in [0.717, 1.165) is 12.8 Å². The van der Waals surface area contributed by atoms with Gasteiger partial charge in [-0.15, -0.1) is 0 Å². The molecule has 2 unspecified atom stereocenters.